The second-order valence-electron chi connectivity index (χ2n) is 2.76. The Kier molecular flexibility index (Phi) is 3.86. The van der Waals surface area contributed by atoms with Crippen LogP contribution in [0.25, 0.3) is 6.08 Å². The predicted molar refractivity (Wildman–Crippen MR) is 57.3 cm³/mol. The van der Waals surface area contributed by atoms with Crippen LogP contribution in [-0.4, -0.2) is 19.4 Å². The molecule has 0 aromatic carbocycles. The molecule has 13 heavy (non-hydrogen) atoms. The molecule has 1 aromatic rings. The third-order valence-electron chi connectivity index (χ3n) is 1.60. The number of thiophene rings is 1. The number of ketones is 1. The molecule has 0 amide bonds. The van der Waals surface area contributed by atoms with E-state index < -0.39 is 0 Å². The molecule has 2 nitrogen and oxygen atoms in total. The molecule has 1 heterocycles. The summed E-state index contributed by atoms with van der Waals surface area (Å²) in [6, 6.07) is 1.92. The van der Waals surface area contributed by atoms with Gasteiger partial charge < -0.3 is 5.32 Å². The minimum Gasteiger partial charge on any atom is -0.316 e. The Labute approximate surface area is 82.3 Å². The zero-order valence-corrected chi connectivity index (χ0v) is 8.65. The third-order valence-corrected chi connectivity index (χ3v) is 2.65. The molecule has 0 atom stereocenters. The average molecular weight is 195 g/mol. The van der Waals surface area contributed by atoms with Crippen molar-refractivity contribution in [3.8, 4) is 0 Å². The Morgan fingerprint density at radius 2 is 2.46 bits per heavy atom. The van der Waals surface area contributed by atoms with Crippen LogP contribution in [0.2, 0.25) is 0 Å². The Hall–Kier alpha value is -0.930. The molecule has 1 aromatic heterocycles. The molecule has 70 valence electrons. The first-order valence-corrected chi connectivity index (χ1v) is 5.02. The SMILES string of the molecule is CNCC=Cc1csc(C(C)=O)c1. The molecule has 0 unspecified atom stereocenters. The molecular formula is C10H13NOS. The van der Waals surface area contributed by atoms with Gasteiger partial charge in [0.15, 0.2) is 5.78 Å². The largest absolute Gasteiger partial charge is 0.316 e. The van der Waals surface area contributed by atoms with Gasteiger partial charge in [0.1, 0.15) is 0 Å². The van der Waals surface area contributed by atoms with Crippen LogP contribution in [0.1, 0.15) is 22.2 Å². The van der Waals surface area contributed by atoms with Crippen LogP contribution >= 0.6 is 11.3 Å². The fraction of sp³-hybridized carbons (Fsp3) is 0.300. The van der Waals surface area contributed by atoms with Gasteiger partial charge in [0.2, 0.25) is 0 Å². The highest BCUT2D eigenvalue weighted by atomic mass is 32.1. The van der Waals surface area contributed by atoms with Crippen molar-refractivity contribution in [3.05, 3.63) is 28.0 Å². The van der Waals surface area contributed by atoms with Crippen molar-refractivity contribution in [3.63, 3.8) is 0 Å². The minimum atomic E-state index is 0.137. The van der Waals surface area contributed by atoms with E-state index in [1.165, 1.54) is 11.3 Å². The van der Waals surface area contributed by atoms with Gasteiger partial charge >= 0.3 is 0 Å². The van der Waals surface area contributed by atoms with Gasteiger partial charge in [-0.1, -0.05) is 12.2 Å². The first-order chi connectivity index (χ1) is 6.24. The highest BCUT2D eigenvalue weighted by molar-refractivity contribution is 7.12. The van der Waals surface area contributed by atoms with E-state index >= 15 is 0 Å². The van der Waals surface area contributed by atoms with Crippen molar-refractivity contribution in [1.29, 1.82) is 0 Å². The van der Waals surface area contributed by atoms with Gasteiger partial charge in [-0.15, -0.1) is 11.3 Å². The second-order valence-corrected chi connectivity index (χ2v) is 3.67. The van der Waals surface area contributed by atoms with E-state index in [2.05, 4.69) is 5.32 Å². The number of carbonyl (C=O) groups is 1. The van der Waals surface area contributed by atoms with Crippen LogP contribution in [0.5, 0.6) is 0 Å². The maximum absolute atomic E-state index is 11.0. The summed E-state index contributed by atoms with van der Waals surface area (Å²) in [5.74, 6) is 0.137. The molecule has 0 radical (unpaired) electrons. The number of likely N-dealkylation sites (N-methyl/N-ethyl adjacent to an activating group) is 1. The molecule has 0 aliphatic carbocycles. The van der Waals surface area contributed by atoms with Gasteiger partial charge in [-0.05, 0) is 31.0 Å². The van der Waals surface area contributed by atoms with E-state index in [-0.39, 0.29) is 5.78 Å². The fourth-order valence-electron chi connectivity index (χ4n) is 0.936. The van der Waals surface area contributed by atoms with Gasteiger partial charge in [-0.2, -0.15) is 0 Å². The summed E-state index contributed by atoms with van der Waals surface area (Å²) in [7, 11) is 1.90. The van der Waals surface area contributed by atoms with Gasteiger partial charge in [0, 0.05) is 6.54 Å². The van der Waals surface area contributed by atoms with E-state index in [0.29, 0.717) is 0 Å². The average Bonchev–Trinajstić information content (AvgIpc) is 2.53. The van der Waals surface area contributed by atoms with E-state index in [0.717, 1.165) is 17.0 Å². The fourth-order valence-corrected chi connectivity index (χ4v) is 1.72. The summed E-state index contributed by atoms with van der Waals surface area (Å²) >= 11 is 1.49. The maximum atomic E-state index is 11.0. The molecule has 1 N–H and O–H groups in total. The summed E-state index contributed by atoms with van der Waals surface area (Å²) in [5.41, 5.74) is 1.10. The van der Waals surface area contributed by atoms with Gasteiger partial charge in [-0.3, -0.25) is 4.79 Å². The summed E-state index contributed by atoms with van der Waals surface area (Å²) in [4.78, 5) is 11.8. The minimum absolute atomic E-state index is 0.137. The van der Waals surface area contributed by atoms with Crippen LogP contribution in [0.15, 0.2) is 17.5 Å². The smallest absolute Gasteiger partial charge is 0.169 e. The van der Waals surface area contributed by atoms with Crippen molar-refractivity contribution in [2.75, 3.05) is 13.6 Å². The van der Waals surface area contributed by atoms with Crippen molar-refractivity contribution in [1.82, 2.24) is 5.32 Å². The normalized spacial score (nSPS) is 10.9. The zero-order chi connectivity index (χ0) is 9.68. The Balaban J connectivity index is 2.64. The standard InChI is InChI=1S/C10H13NOS/c1-8(12)10-6-9(7-13-10)4-3-5-11-2/h3-4,6-7,11H,5H2,1-2H3. The molecule has 3 heteroatoms. The van der Waals surface area contributed by atoms with Gasteiger partial charge in [0.05, 0.1) is 4.88 Å². The van der Waals surface area contributed by atoms with Crippen molar-refractivity contribution in [2.24, 2.45) is 0 Å². The molecule has 0 aliphatic heterocycles. The van der Waals surface area contributed by atoms with Crippen molar-refractivity contribution < 1.29 is 4.79 Å². The summed E-state index contributed by atoms with van der Waals surface area (Å²) in [5, 5.41) is 5.01. The molecular weight excluding hydrogens is 182 g/mol. The lowest BCUT2D eigenvalue weighted by molar-refractivity contribution is 0.102. The highest BCUT2D eigenvalue weighted by Crippen LogP contribution is 2.16. The van der Waals surface area contributed by atoms with Crippen LogP contribution in [0.4, 0.5) is 0 Å². The van der Waals surface area contributed by atoms with Crippen molar-refractivity contribution >= 4 is 23.2 Å². The second kappa shape index (κ2) is 4.94. The first kappa shape index (κ1) is 10.2. The maximum Gasteiger partial charge on any atom is 0.169 e. The molecule has 0 fully saturated rings. The molecule has 1 rings (SSSR count). The number of nitrogens with one attached hydrogen (secondary N) is 1. The summed E-state index contributed by atoms with van der Waals surface area (Å²) in [6.45, 7) is 2.44. The summed E-state index contributed by atoms with van der Waals surface area (Å²) < 4.78 is 0. The van der Waals surface area contributed by atoms with Crippen LogP contribution in [-0.2, 0) is 0 Å². The number of Topliss-reactive ketones (excluding diaryl/α,β-unsaturated/α-hetero) is 1. The zero-order valence-electron chi connectivity index (χ0n) is 7.83. The van der Waals surface area contributed by atoms with E-state index in [9.17, 15) is 4.79 Å². The van der Waals surface area contributed by atoms with Crippen molar-refractivity contribution in [2.45, 2.75) is 6.92 Å². The Morgan fingerprint density at radius 3 is 3.00 bits per heavy atom. The molecule has 0 bridgehead atoms. The predicted octanol–water partition coefficient (Wildman–Crippen LogP) is 2.18. The van der Waals surface area contributed by atoms with Gasteiger partial charge in [-0.25, -0.2) is 0 Å². The number of hydrogen-bond acceptors (Lipinski definition) is 3. The Bertz CT molecular complexity index is 314. The van der Waals surface area contributed by atoms with E-state index in [1.807, 2.05) is 30.6 Å². The quantitative estimate of drug-likeness (QED) is 0.746. The third kappa shape index (κ3) is 3.13. The summed E-state index contributed by atoms with van der Waals surface area (Å²) in [6.07, 6.45) is 4.05. The van der Waals surface area contributed by atoms with Crippen LogP contribution < -0.4 is 5.32 Å². The first-order valence-electron chi connectivity index (χ1n) is 4.14. The van der Waals surface area contributed by atoms with E-state index in [4.69, 9.17) is 0 Å². The molecule has 0 saturated carbocycles. The molecule has 0 saturated heterocycles. The number of hydrogen-bond donors (Lipinski definition) is 1. The molecule has 0 spiro atoms. The lowest BCUT2D eigenvalue weighted by atomic mass is 10.2. The van der Waals surface area contributed by atoms with E-state index in [1.54, 1.807) is 6.92 Å². The Morgan fingerprint density at radius 1 is 1.69 bits per heavy atom. The number of carbonyl (C=O) groups excluding carboxylic acids is 1. The van der Waals surface area contributed by atoms with Crippen LogP contribution in [0.3, 0.4) is 0 Å². The lowest BCUT2D eigenvalue weighted by Crippen LogP contribution is -2.03. The van der Waals surface area contributed by atoms with Crippen LogP contribution in [0, 0.1) is 0 Å². The monoisotopic (exact) mass is 195 g/mol. The molecule has 0 aliphatic rings. The topological polar surface area (TPSA) is 29.1 Å². The highest BCUT2D eigenvalue weighted by Gasteiger charge is 2.00. The van der Waals surface area contributed by atoms with Gasteiger partial charge in [0.25, 0.3) is 0 Å². The lowest BCUT2D eigenvalue weighted by Gasteiger charge is -1.86. The number of rotatable bonds is 4.